The van der Waals surface area contributed by atoms with Crippen LogP contribution in [0, 0.1) is 5.92 Å². The standard InChI is InChI=1S/C11H15ClN2O3/c1-16-7-9-4-10(13-17-9)11(15)14-3-2-8(5-12)6-14/h4,8H,2-3,5-7H2,1H3. The molecule has 1 aliphatic rings. The van der Waals surface area contributed by atoms with Gasteiger partial charge in [-0.3, -0.25) is 4.79 Å². The number of carbonyl (C=O) groups is 1. The second kappa shape index (κ2) is 5.51. The number of nitrogens with zero attached hydrogens (tertiary/aromatic N) is 2. The van der Waals surface area contributed by atoms with Crippen molar-refractivity contribution in [1.29, 1.82) is 0 Å². The van der Waals surface area contributed by atoms with E-state index in [9.17, 15) is 4.79 Å². The van der Waals surface area contributed by atoms with Gasteiger partial charge in [0, 0.05) is 32.1 Å². The lowest BCUT2D eigenvalue weighted by Crippen LogP contribution is -2.29. The molecular weight excluding hydrogens is 244 g/mol. The maximum Gasteiger partial charge on any atom is 0.276 e. The second-order valence-corrected chi connectivity index (χ2v) is 4.48. The summed E-state index contributed by atoms with van der Waals surface area (Å²) in [5, 5.41) is 3.75. The fraction of sp³-hybridized carbons (Fsp3) is 0.636. The Hall–Kier alpha value is -1.07. The fourth-order valence-electron chi connectivity index (χ4n) is 1.93. The second-order valence-electron chi connectivity index (χ2n) is 4.17. The van der Waals surface area contributed by atoms with E-state index in [4.69, 9.17) is 20.9 Å². The average Bonchev–Trinajstić information content (AvgIpc) is 2.97. The van der Waals surface area contributed by atoms with Gasteiger partial charge in [0.15, 0.2) is 11.5 Å². The molecule has 0 bridgehead atoms. The average molecular weight is 259 g/mol. The summed E-state index contributed by atoms with van der Waals surface area (Å²) in [5.41, 5.74) is 0.340. The zero-order valence-electron chi connectivity index (χ0n) is 9.69. The van der Waals surface area contributed by atoms with Gasteiger partial charge >= 0.3 is 0 Å². The Morgan fingerprint density at radius 1 is 1.76 bits per heavy atom. The number of carbonyl (C=O) groups excluding carboxylic acids is 1. The third-order valence-corrected chi connectivity index (χ3v) is 3.29. The molecule has 5 nitrogen and oxygen atoms in total. The van der Waals surface area contributed by atoms with Crippen molar-refractivity contribution < 1.29 is 14.1 Å². The normalized spacial score (nSPS) is 19.9. The first-order valence-electron chi connectivity index (χ1n) is 5.54. The van der Waals surface area contributed by atoms with Crippen LogP contribution in [0.2, 0.25) is 0 Å². The third-order valence-electron chi connectivity index (χ3n) is 2.86. The van der Waals surface area contributed by atoms with Crippen LogP contribution in [0.1, 0.15) is 22.7 Å². The van der Waals surface area contributed by atoms with E-state index >= 15 is 0 Å². The predicted molar refractivity (Wildman–Crippen MR) is 61.9 cm³/mol. The lowest BCUT2D eigenvalue weighted by molar-refractivity contribution is 0.0777. The minimum Gasteiger partial charge on any atom is -0.377 e. The van der Waals surface area contributed by atoms with Crippen LogP contribution in [-0.4, -0.2) is 42.0 Å². The van der Waals surface area contributed by atoms with Crippen LogP contribution in [-0.2, 0) is 11.3 Å². The number of hydrogen-bond donors (Lipinski definition) is 0. The van der Waals surface area contributed by atoms with Crippen LogP contribution < -0.4 is 0 Å². The molecule has 1 atom stereocenters. The minimum absolute atomic E-state index is 0.0938. The number of likely N-dealkylation sites (tertiary alicyclic amines) is 1. The molecule has 1 fully saturated rings. The topological polar surface area (TPSA) is 55.6 Å². The number of hydrogen-bond acceptors (Lipinski definition) is 4. The number of methoxy groups -OCH3 is 1. The SMILES string of the molecule is COCc1cc(C(=O)N2CCC(CCl)C2)no1. The van der Waals surface area contributed by atoms with E-state index in [1.54, 1.807) is 18.1 Å². The van der Waals surface area contributed by atoms with Gasteiger partial charge in [-0.25, -0.2) is 0 Å². The van der Waals surface area contributed by atoms with Gasteiger partial charge in [-0.15, -0.1) is 11.6 Å². The van der Waals surface area contributed by atoms with Crippen LogP contribution >= 0.6 is 11.6 Å². The lowest BCUT2D eigenvalue weighted by Gasteiger charge is -2.13. The zero-order chi connectivity index (χ0) is 12.3. The maximum absolute atomic E-state index is 12.0. The van der Waals surface area contributed by atoms with Crippen molar-refractivity contribution in [3.8, 4) is 0 Å². The van der Waals surface area contributed by atoms with Crippen LogP contribution in [0.5, 0.6) is 0 Å². The molecule has 6 heteroatoms. The van der Waals surface area contributed by atoms with E-state index in [1.807, 2.05) is 0 Å². The lowest BCUT2D eigenvalue weighted by atomic mass is 10.2. The summed E-state index contributed by atoms with van der Waals surface area (Å²) in [5.74, 6) is 1.45. The molecular formula is C11H15ClN2O3. The van der Waals surface area contributed by atoms with Gasteiger partial charge in [0.05, 0.1) is 0 Å². The quantitative estimate of drug-likeness (QED) is 0.769. The molecule has 94 valence electrons. The molecule has 1 amide bonds. The van der Waals surface area contributed by atoms with Gasteiger partial charge in [-0.1, -0.05) is 5.16 Å². The molecule has 0 radical (unpaired) electrons. The number of alkyl halides is 1. The molecule has 17 heavy (non-hydrogen) atoms. The Morgan fingerprint density at radius 3 is 3.24 bits per heavy atom. The molecule has 0 aliphatic carbocycles. The molecule has 1 saturated heterocycles. The van der Waals surface area contributed by atoms with E-state index < -0.39 is 0 Å². The number of rotatable bonds is 4. The molecule has 1 aliphatic heterocycles. The van der Waals surface area contributed by atoms with Crippen LogP contribution in [0.15, 0.2) is 10.6 Å². The summed E-state index contributed by atoms with van der Waals surface area (Å²) in [6.45, 7) is 1.77. The van der Waals surface area contributed by atoms with Crippen molar-refractivity contribution in [3.05, 3.63) is 17.5 Å². The Bertz CT molecular complexity index is 394. The van der Waals surface area contributed by atoms with Crippen LogP contribution in [0.4, 0.5) is 0 Å². The van der Waals surface area contributed by atoms with E-state index in [0.717, 1.165) is 13.0 Å². The molecule has 1 unspecified atom stereocenters. The monoisotopic (exact) mass is 258 g/mol. The molecule has 2 heterocycles. The van der Waals surface area contributed by atoms with Gasteiger partial charge in [-0.05, 0) is 12.3 Å². The van der Waals surface area contributed by atoms with Crippen molar-refractivity contribution >= 4 is 17.5 Å². The summed E-state index contributed by atoms with van der Waals surface area (Å²) >= 11 is 5.78. The Morgan fingerprint density at radius 2 is 2.59 bits per heavy atom. The first-order chi connectivity index (χ1) is 8.24. The molecule has 0 aromatic carbocycles. The van der Waals surface area contributed by atoms with Crippen molar-refractivity contribution in [2.75, 3.05) is 26.1 Å². The van der Waals surface area contributed by atoms with Crippen LogP contribution in [0.25, 0.3) is 0 Å². The smallest absolute Gasteiger partial charge is 0.276 e. The highest BCUT2D eigenvalue weighted by atomic mass is 35.5. The number of halogens is 1. The Kier molecular flexibility index (Phi) is 4.02. The molecule has 1 aromatic heterocycles. The summed E-state index contributed by atoms with van der Waals surface area (Å²) in [4.78, 5) is 13.8. The fourth-order valence-corrected chi connectivity index (χ4v) is 2.18. The number of ether oxygens (including phenoxy) is 1. The molecule has 1 aromatic rings. The van der Waals surface area contributed by atoms with Gasteiger partial charge in [-0.2, -0.15) is 0 Å². The van der Waals surface area contributed by atoms with E-state index in [1.165, 1.54) is 0 Å². The summed E-state index contributed by atoms with van der Waals surface area (Å²) < 4.78 is 9.90. The van der Waals surface area contributed by atoms with E-state index in [2.05, 4.69) is 5.16 Å². The van der Waals surface area contributed by atoms with Crippen molar-refractivity contribution in [1.82, 2.24) is 10.1 Å². The highest BCUT2D eigenvalue weighted by Crippen LogP contribution is 2.19. The molecule has 0 N–H and O–H groups in total. The predicted octanol–water partition coefficient (Wildman–Crippen LogP) is 1.52. The van der Waals surface area contributed by atoms with Crippen molar-refractivity contribution in [3.63, 3.8) is 0 Å². The van der Waals surface area contributed by atoms with Crippen molar-refractivity contribution in [2.45, 2.75) is 13.0 Å². The molecule has 0 spiro atoms. The minimum atomic E-state index is -0.0938. The van der Waals surface area contributed by atoms with Crippen LogP contribution in [0.3, 0.4) is 0 Å². The first kappa shape index (κ1) is 12.4. The first-order valence-corrected chi connectivity index (χ1v) is 6.07. The number of aromatic nitrogens is 1. The largest absolute Gasteiger partial charge is 0.377 e. The summed E-state index contributed by atoms with van der Waals surface area (Å²) in [6, 6.07) is 1.62. The Labute approximate surface area is 105 Å². The highest BCUT2D eigenvalue weighted by Gasteiger charge is 2.28. The van der Waals surface area contributed by atoms with E-state index in [0.29, 0.717) is 36.4 Å². The van der Waals surface area contributed by atoms with Gasteiger partial charge in [0.25, 0.3) is 5.91 Å². The molecule has 0 saturated carbocycles. The number of amides is 1. The Balaban J connectivity index is 1.99. The van der Waals surface area contributed by atoms with E-state index in [-0.39, 0.29) is 5.91 Å². The maximum atomic E-state index is 12.0. The van der Waals surface area contributed by atoms with Gasteiger partial charge in [0.1, 0.15) is 6.61 Å². The summed E-state index contributed by atoms with van der Waals surface area (Å²) in [7, 11) is 1.57. The van der Waals surface area contributed by atoms with Gasteiger partial charge in [0.2, 0.25) is 0 Å². The zero-order valence-corrected chi connectivity index (χ0v) is 10.4. The van der Waals surface area contributed by atoms with Crippen molar-refractivity contribution in [2.24, 2.45) is 5.92 Å². The highest BCUT2D eigenvalue weighted by molar-refractivity contribution is 6.18. The van der Waals surface area contributed by atoms with Gasteiger partial charge < -0.3 is 14.2 Å². The third kappa shape index (κ3) is 2.79. The molecule has 2 rings (SSSR count). The summed E-state index contributed by atoms with van der Waals surface area (Å²) in [6.07, 6.45) is 0.956.